The van der Waals surface area contributed by atoms with Crippen LogP contribution in [0, 0.1) is 6.92 Å². The Morgan fingerprint density at radius 1 is 1.07 bits per heavy atom. The number of thiophene rings is 1. The van der Waals surface area contributed by atoms with Gasteiger partial charge in [0.05, 0.1) is 21.3 Å². The summed E-state index contributed by atoms with van der Waals surface area (Å²) in [7, 11) is 0. The molecule has 6 heteroatoms. The van der Waals surface area contributed by atoms with E-state index in [1.54, 1.807) is 29.2 Å². The largest absolute Gasteiger partial charge is 0.349 e. The minimum absolute atomic E-state index is 0.119. The first-order chi connectivity index (χ1) is 13.5. The standard InChI is InChI=1S/C22H19ClN2O2S/c1-14-8-9-15(21(26)24-16-10-11-16)13-19(14)25(18-6-3-2-5-17(18)23)22(27)20-7-4-12-28-20/h2-9,12-13,16H,10-11H2,1H3,(H,24,26). The average molecular weight is 411 g/mol. The average Bonchev–Trinajstić information content (AvgIpc) is 3.32. The van der Waals surface area contributed by atoms with Gasteiger partial charge in [-0.2, -0.15) is 0 Å². The maximum Gasteiger partial charge on any atom is 0.272 e. The fourth-order valence-electron chi connectivity index (χ4n) is 2.98. The predicted molar refractivity (Wildman–Crippen MR) is 114 cm³/mol. The molecule has 28 heavy (non-hydrogen) atoms. The number of halogens is 1. The first-order valence-corrected chi connectivity index (χ1v) is 10.3. The number of para-hydroxylation sites is 1. The van der Waals surface area contributed by atoms with Crippen LogP contribution >= 0.6 is 22.9 Å². The van der Waals surface area contributed by atoms with Gasteiger partial charge >= 0.3 is 0 Å². The topological polar surface area (TPSA) is 49.4 Å². The van der Waals surface area contributed by atoms with Crippen LogP contribution in [0.1, 0.15) is 38.4 Å². The third-order valence-corrected chi connectivity index (χ3v) is 5.83. The van der Waals surface area contributed by atoms with Gasteiger partial charge in [0, 0.05) is 11.6 Å². The Morgan fingerprint density at radius 3 is 2.54 bits per heavy atom. The van der Waals surface area contributed by atoms with Crippen molar-refractivity contribution in [1.29, 1.82) is 0 Å². The highest BCUT2D eigenvalue weighted by atomic mass is 35.5. The van der Waals surface area contributed by atoms with Crippen LogP contribution in [0.3, 0.4) is 0 Å². The molecule has 0 atom stereocenters. The molecule has 0 saturated heterocycles. The van der Waals surface area contributed by atoms with E-state index in [4.69, 9.17) is 11.6 Å². The van der Waals surface area contributed by atoms with E-state index in [0.29, 0.717) is 26.8 Å². The van der Waals surface area contributed by atoms with Gasteiger partial charge in [-0.25, -0.2) is 0 Å². The number of carbonyl (C=O) groups excluding carboxylic acids is 2. The van der Waals surface area contributed by atoms with Gasteiger partial charge < -0.3 is 5.32 Å². The summed E-state index contributed by atoms with van der Waals surface area (Å²) >= 11 is 7.81. The second kappa shape index (κ2) is 7.78. The molecule has 142 valence electrons. The van der Waals surface area contributed by atoms with E-state index in [2.05, 4.69) is 5.32 Å². The highest BCUT2D eigenvalue weighted by Crippen LogP contribution is 2.36. The quantitative estimate of drug-likeness (QED) is 0.596. The molecule has 0 radical (unpaired) electrons. The van der Waals surface area contributed by atoms with Crippen LogP contribution in [0.2, 0.25) is 5.02 Å². The zero-order valence-corrected chi connectivity index (χ0v) is 16.9. The first-order valence-electron chi connectivity index (χ1n) is 9.08. The number of anilines is 2. The Labute approximate surface area is 172 Å². The number of nitrogens with one attached hydrogen (secondary N) is 1. The number of aryl methyl sites for hydroxylation is 1. The Hall–Kier alpha value is -2.63. The number of benzene rings is 2. The Morgan fingerprint density at radius 2 is 1.86 bits per heavy atom. The van der Waals surface area contributed by atoms with E-state index < -0.39 is 0 Å². The second-order valence-corrected chi connectivity index (χ2v) is 8.17. The Bertz CT molecular complexity index is 1030. The lowest BCUT2D eigenvalue weighted by atomic mass is 10.1. The molecule has 1 N–H and O–H groups in total. The molecule has 1 heterocycles. The molecule has 4 rings (SSSR count). The SMILES string of the molecule is Cc1ccc(C(=O)NC2CC2)cc1N(C(=O)c1cccs1)c1ccccc1Cl. The normalized spacial score (nSPS) is 13.2. The summed E-state index contributed by atoms with van der Waals surface area (Å²) < 4.78 is 0. The van der Waals surface area contributed by atoms with E-state index in [1.165, 1.54) is 11.3 Å². The van der Waals surface area contributed by atoms with Crippen molar-refractivity contribution in [2.45, 2.75) is 25.8 Å². The lowest BCUT2D eigenvalue weighted by Gasteiger charge is -2.25. The minimum Gasteiger partial charge on any atom is -0.349 e. The molecule has 2 aromatic carbocycles. The molecule has 1 aliphatic rings. The minimum atomic E-state index is -0.175. The van der Waals surface area contributed by atoms with Crippen LogP contribution in [0.15, 0.2) is 60.0 Å². The summed E-state index contributed by atoms with van der Waals surface area (Å²) in [4.78, 5) is 28.1. The molecule has 4 nitrogen and oxygen atoms in total. The Kier molecular flexibility index (Phi) is 5.20. The molecule has 2 amide bonds. The van der Waals surface area contributed by atoms with Crippen molar-refractivity contribution in [3.8, 4) is 0 Å². The summed E-state index contributed by atoms with van der Waals surface area (Å²) in [6.45, 7) is 1.92. The van der Waals surface area contributed by atoms with Gasteiger partial charge in [-0.05, 0) is 61.0 Å². The molecule has 1 fully saturated rings. The number of nitrogens with zero attached hydrogens (tertiary/aromatic N) is 1. The third-order valence-electron chi connectivity index (χ3n) is 4.65. The summed E-state index contributed by atoms with van der Waals surface area (Å²) in [6.07, 6.45) is 2.04. The van der Waals surface area contributed by atoms with Crippen molar-refractivity contribution in [2.24, 2.45) is 0 Å². The smallest absolute Gasteiger partial charge is 0.272 e. The molecular formula is C22H19ClN2O2S. The van der Waals surface area contributed by atoms with Crippen molar-refractivity contribution in [3.05, 3.63) is 81.0 Å². The van der Waals surface area contributed by atoms with Crippen molar-refractivity contribution < 1.29 is 9.59 Å². The number of carbonyl (C=O) groups is 2. The maximum atomic E-state index is 13.4. The second-order valence-electron chi connectivity index (χ2n) is 6.82. The van der Waals surface area contributed by atoms with Gasteiger partial charge in [0.15, 0.2) is 0 Å². The van der Waals surface area contributed by atoms with Gasteiger partial charge in [0.25, 0.3) is 11.8 Å². The van der Waals surface area contributed by atoms with Crippen LogP contribution in [0.4, 0.5) is 11.4 Å². The fourth-order valence-corrected chi connectivity index (χ4v) is 3.85. The van der Waals surface area contributed by atoms with Gasteiger partial charge in [-0.1, -0.05) is 35.9 Å². The van der Waals surface area contributed by atoms with Crippen LogP contribution in [0.25, 0.3) is 0 Å². The first kappa shape index (κ1) is 18.7. The molecule has 3 aromatic rings. The van der Waals surface area contributed by atoms with Crippen molar-refractivity contribution in [1.82, 2.24) is 5.32 Å². The Balaban J connectivity index is 1.81. The highest BCUT2D eigenvalue weighted by Gasteiger charge is 2.27. The van der Waals surface area contributed by atoms with Crippen LogP contribution in [-0.4, -0.2) is 17.9 Å². The summed E-state index contributed by atoms with van der Waals surface area (Å²) in [5, 5.41) is 5.33. The number of rotatable bonds is 5. The van der Waals surface area contributed by atoms with E-state index in [0.717, 1.165) is 18.4 Å². The van der Waals surface area contributed by atoms with Crippen LogP contribution < -0.4 is 10.2 Å². The molecule has 0 aliphatic heterocycles. The zero-order chi connectivity index (χ0) is 19.7. The maximum absolute atomic E-state index is 13.4. The lowest BCUT2D eigenvalue weighted by molar-refractivity contribution is 0.0949. The van der Waals surface area contributed by atoms with Gasteiger partial charge in [0.2, 0.25) is 0 Å². The number of amides is 2. The fraction of sp³-hybridized carbons (Fsp3) is 0.182. The molecule has 1 saturated carbocycles. The number of hydrogen-bond acceptors (Lipinski definition) is 3. The van der Waals surface area contributed by atoms with Crippen LogP contribution in [-0.2, 0) is 0 Å². The van der Waals surface area contributed by atoms with Gasteiger partial charge in [-0.15, -0.1) is 11.3 Å². The highest BCUT2D eigenvalue weighted by molar-refractivity contribution is 7.12. The lowest BCUT2D eigenvalue weighted by Crippen LogP contribution is -2.28. The summed E-state index contributed by atoms with van der Waals surface area (Å²) in [6, 6.07) is 16.5. The molecule has 0 spiro atoms. The number of hydrogen-bond donors (Lipinski definition) is 1. The summed E-state index contributed by atoms with van der Waals surface area (Å²) in [5.74, 6) is -0.294. The van der Waals surface area contributed by atoms with Crippen LogP contribution in [0.5, 0.6) is 0 Å². The van der Waals surface area contributed by atoms with Gasteiger partial charge in [-0.3, -0.25) is 14.5 Å². The zero-order valence-electron chi connectivity index (χ0n) is 15.3. The predicted octanol–water partition coefficient (Wildman–Crippen LogP) is 5.58. The summed E-state index contributed by atoms with van der Waals surface area (Å²) in [5.41, 5.74) is 2.65. The van der Waals surface area contributed by atoms with E-state index in [1.807, 2.05) is 42.6 Å². The monoisotopic (exact) mass is 410 g/mol. The van der Waals surface area contributed by atoms with Gasteiger partial charge in [0.1, 0.15) is 0 Å². The van der Waals surface area contributed by atoms with Crippen molar-refractivity contribution in [3.63, 3.8) is 0 Å². The van der Waals surface area contributed by atoms with Crippen molar-refractivity contribution >= 4 is 46.1 Å². The van der Waals surface area contributed by atoms with E-state index in [-0.39, 0.29) is 17.9 Å². The van der Waals surface area contributed by atoms with E-state index in [9.17, 15) is 9.59 Å². The molecule has 1 aromatic heterocycles. The molecule has 0 bridgehead atoms. The third kappa shape index (κ3) is 3.81. The molecule has 1 aliphatic carbocycles. The van der Waals surface area contributed by atoms with E-state index >= 15 is 0 Å². The van der Waals surface area contributed by atoms with Crippen molar-refractivity contribution in [2.75, 3.05) is 4.90 Å². The molecular weight excluding hydrogens is 392 g/mol. The molecule has 0 unspecified atom stereocenters.